The fraction of sp³-hybridized carbons (Fsp3) is 0.421. The van der Waals surface area contributed by atoms with E-state index in [4.69, 9.17) is 20.5 Å². The van der Waals surface area contributed by atoms with Crippen LogP contribution in [0, 0.1) is 0 Å². The molecule has 1 fully saturated rings. The average Bonchev–Trinajstić information content (AvgIpc) is 2.95. The van der Waals surface area contributed by atoms with Crippen LogP contribution >= 0.6 is 8.18 Å². The normalized spacial score (nSPS) is 26.4. The second-order valence-corrected chi connectivity index (χ2v) is 8.40. The number of aliphatic hydroxyl groups excluding tert-OH is 1. The third-order valence-corrected chi connectivity index (χ3v) is 5.87. The molecule has 0 radical (unpaired) electrons. The maximum absolute atomic E-state index is 12.2. The van der Waals surface area contributed by atoms with Gasteiger partial charge >= 0.3 is 19.8 Å². The molecule has 2 heterocycles. The second-order valence-electron chi connectivity index (χ2n) is 7.45. The van der Waals surface area contributed by atoms with E-state index >= 15 is 0 Å². The summed E-state index contributed by atoms with van der Waals surface area (Å²) in [4.78, 5) is 37.3. The number of hydrogen-bond acceptors (Lipinski definition) is 9. The molecule has 14 heteroatoms. The van der Waals surface area contributed by atoms with Crippen LogP contribution < -0.4 is 25.6 Å². The minimum absolute atomic E-state index is 0.107. The predicted octanol–water partition coefficient (Wildman–Crippen LogP) is -0.276. The zero-order valence-corrected chi connectivity index (χ0v) is 18.4. The van der Waals surface area contributed by atoms with Crippen molar-refractivity contribution in [3.8, 4) is 11.5 Å². The van der Waals surface area contributed by atoms with Crippen LogP contribution in [0.15, 0.2) is 46.1 Å². The van der Waals surface area contributed by atoms with Crippen molar-refractivity contribution in [2.75, 3.05) is 6.61 Å². The fourth-order valence-corrected chi connectivity index (χ4v) is 3.88. The van der Waals surface area contributed by atoms with Gasteiger partial charge < -0.3 is 29.8 Å². The number of H-pyrrole nitrogens is 1. The summed E-state index contributed by atoms with van der Waals surface area (Å²) in [6.07, 6.45) is -4.66. The fourth-order valence-electron chi connectivity index (χ4n) is 3.10. The first kappa shape index (κ1) is 23.1. The van der Waals surface area contributed by atoms with Gasteiger partial charge in [0, 0.05) is 22.9 Å². The monoisotopic (exact) mass is 485 g/mol. The van der Waals surface area contributed by atoms with Crippen molar-refractivity contribution in [1.29, 1.82) is 0 Å². The van der Waals surface area contributed by atoms with Crippen LogP contribution in [0.4, 0.5) is 0 Å². The number of aromatic nitrogens is 2. The highest BCUT2D eigenvalue weighted by atomic mass is 31.1. The summed E-state index contributed by atoms with van der Waals surface area (Å²) in [5, 5.41) is 32.4. The summed E-state index contributed by atoms with van der Waals surface area (Å²) in [6.45, 7) is 2.19. The molecule has 1 aliphatic heterocycles. The summed E-state index contributed by atoms with van der Waals surface area (Å²) in [5.74, 6) is -0.886. The zero-order valence-electron chi connectivity index (χ0n) is 18.5. The van der Waals surface area contributed by atoms with E-state index in [9.17, 15) is 29.2 Å². The summed E-state index contributed by atoms with van der Waals surface area (Å²) in [5.41, 5.74) is -3.91. The lowest BCUT2D eigenvalue weighted by Crippen LogP contribution is -2.49. The first-order chi connectivity index (χ1) is 15.9. The molecular formula is C19H23N3O10P+. The summed E-state index contributed by atoms with van der Waals surface area (Å²) >= 11 is 0. The van der Waals surface area contributed by atoms with Gasteiger partial charge in [0.15, 0.2) is 12.0 Å². The third kappa shape index (κ3) is 5.46. The number of aliphatic hydroxyl groups is 2. The Morgan fingerprint density at radius 2 is 2.12 bits per heavy atom. The number of hydrogen-bond donors (Lipinski definition) is 5. The minimum Gasteiger partial charge on any atom is -0.491 e. The molecule has 13 nitrogen and oxygen atoms in total. The lowest BCUT2D eigenvalue weighted by atomic mass is 9.96. The van der Waals surface area contributed by atoms with Crippen LogP contribution in [0.25, 0.3) is 0 Å². The van der Waals surface area contributed by atoms with Crippen LogP contribution in [-0.2, 0) is 14.1 Å². The van der Waals surface area contributed by atoms with Gasteiger partial charge in [0.05, 0.1) is 1.37 Å². The molecule has 1 aromatic heterocycles. The van der Waals surface area contributed by atoms with Gasteiger partial charge in [-0.05, 0) is 26.0 Å². The van der Waals surface area contributed by atoms with Crippen molar-refractivity contribution in [1.82, 2.24) is 14.6 Å². The van der Waals surface area contributed by atoms with Gasteiger partial charge in [0.2, 0.25) is 0 Å². The second kappa shape index (κ2) is 9.81. The Kier molecular flexibility index (Phi) is 6.86. The molecule has 5 N–H and O–H groups in total. The Hall–Kier alpha value is -3.09. The van der Waals surface area contributed by atoms with Gasteiger partial charge in [-0.15, -0.1) is 0 Å². The molecule has 1 aliphatic rings. The highest BCUT2D eigenvalue weighted by Gasteiger charge is 2.54. The molecule has 33 heavy (non-hydrogen) atoms. The van der Waals surface area contributed by atoms with Crippen molar-refractivity contribution < 1.29 is 40.0 Å². The van der Waals surface area contributed by atoms with Crippen LogP contribution in [0.2, 0.25) is 0 Å². The molecular weight excluding hydrogens is 461 g/mol. The van der Waals surface area contributed by atoms with Crippen LogP contribution in [-0.4, -0.2) is 61.3 Å². The minimum atomic E-state index is -2.53. The molecule has 2 unspecified atom stereocenters. The highest BCUT2D eigenvalue weighted by Crippen LogP contribution is 2.37. The third-order valence-electron chi connectivity index (χ3n) is 4.90. The van der Waals surface area contributed by atoms with Gasteiger partial charge in [-0.3, -0.25) is 9.59 Å². The smallest absolute Gasteiger partial charge is 0.491 e. The van der Waals surface area contributed by atoms with E-state index in [0.717, 1.165) is 6.07 Å². The largest absolute Gasteiger partial charge is 0.664 e. The number of nitrogens with one attached hydrogen (secondary N) is 2. The van der Waals surface area contributed by atoms with E-state index in [1.165, 1.54) is 38.1 Å². The number of nitrogens with zero attached hydrogens (tertiary/aromatic N) is 1. The van der Waals surface area contributed by atoms with E-state index < -0.39 is 61.6 Å². The average molecular weight is 485 g/mol. The van der Waals surface area contributed by atoms with E-state index in [0.29, 0.717) is 4.57 Å². The SMILES string of the molecule is [2H]c1cc(=O)n([C@@H]2O[C@H](COc3cccc(O[P+](=O)NC(C)C(=O)O)c3)[C@@H](O)[C@@]2(C)O)c(=O)[nH]1. The Labute approximate surface area is 188 Å². The molecule has 0 amide bonds. The molecule has 3 rings (SSSR count). The quantitative estimate of drug-likeness (QED) is 0.294. The Balaban J connectivity index is 1.69. The number of carbonyl (C=O) groups is 1. The summed E-state index contributed by atoms with van der Waals surface area (Å²) < 4.78 is 36.2. The van der Waals surface area contributed by atoms with Crippen molar-refractivity contribution in [3.05, 3.63) is 57.3 Å². The van der Waals surface area contributed by atoms with E-state index in [-0.39, 0.29) is 18.1 Å². The molecule has 1 aromatic carbocycles. The van der Waals surface area contributed by atoms with Crippen LogP contribution in [0.5, 0.6) is 11.5 Å². The van der Waals surface area contributed by atoms with Gasteiger partial charge in [0.1, 0.15) is 36.2 Å². The molecule has 0 bridgehead atoms. The van der Waals surface area contributed by atoms with Crippen molar-refractivity contribution in [2.45, 2.75) is 43.9 Å². The van der Waals surface area contributed by atoms with Gasteiger partial charge in [0.25, 0.3) is 5.56 Å². The summed E-state index contributed by atoms with van der Waals surface area (Å²) in [7, 11) is -2.53. The maximum Gasteiger partial charge on any atom is 0.664 e. The number of aromatic amines is 1. The maximum atomic E-state index is 12.2. The molecule has 178 valence electrons. The highest BCUT2D eigenvalue weighted by molar-refractivity contribution is 7.37. The molecule has 2 aromatic rings. The predicted molar refractivity (Wildman–Crippen MR) is 112 cm³/mol. The van der Waals surface area contributed by atoms with Crippen molar-refractivity contribution in [2.24, 2.45) is 0 Å². The Morgan fingerprint density at radius 1 is 1.42 bits per heavy atom. The first-order valence-corrected chi connectivity index (χ1v) is 10.8. The van der Waals surface area contributed by atoms with Crippen LogP contribution in [0.3, 0.4) is 0 Å². The molecule has 0 aliphatic carbocycles. The molecule has 0 saturated carbocycles. The lowest BCUT2D eigenvalue weighted by Gasteiger charge is -2.26. The van der Waals surface area contributed by atoms with Crippen molar-refractivity contribution >= 4 is 14.1 Å². The Morgan fingerprint density at radius 3 is 2.79 bits per heavy atom. The van der Waals surface area contributed by atoms with E-state index in [1.54, 1.807) is 0 Å². The molecule has 6 atom stereocenters. The first-order valence-electron chi connectivity index (χ1n) is 10.2. The van der Waals surface area contributed by atoms with E-state index in [1.807, 2.05) is 0 Å². The number of ether oxygens (including phenoxy) is 2. The Bertz CT molecular complexity index is 1170. The van der Waals surface area contributed by atoms with Gasteiger partial charge in [-0.2, -0.15) is 0 Å². The molecule has 0 spiro atoms. The number of rotatable bonds is 9. The van der Waals surface area contributed by atoms with Gasteiger partial charge in [-0.1, -0.05) is 11.2 Å². The summed E-state index contributed by atoms with van der Waals surface area (Å²) in [6, 6.07) is 5.59. The lowest BCUT2D eigenvalue weighted by molar-refractivity contribution is -0.138. The van der Waals surface area contributed by atoms with Crippen LogP contribution in [0.1, 0.15) is 21.4 Å². The topological polar surface area (TPSA) is 189 Å². The standard InChI is InChI=1S/C19H22N3O10P/c1-10(16(25)26)21-33(29)32-12-5-3-4-11(8-12)30-9-13-15(24)19(2,28)17(31-13)22-14(23)6-7-20-18(22)27/h3-8,10,13,15,17,24,28H,9H2,1-2H3,(H2-,20,21,23,25,26,27,29)/p+1/t10?,13-,15-,17-,19-/m1/s1/i7D. The van der Waals surface area contributed by atoms with Gasteiger partial charge in [-0.25, -0.2) is 13.9 Å². The number of benzene rings is 1. The molecule has 1 saturated heterocycles. The van der Waals surface area contributed by atoms with Crippen molar-refractivity contribution in [3.63, 3.8) is 0 Å². The van der Waals surface area contributed by atoms with E-state index in [2.05, 4.69) is 10.1 Å². The zero-order chi connectivity index (χ0) is 25.2. The number of aliphatic carboxylic acids is 1. The number of carboxylic acids is 1. The number of carboxylic acid groups (broad SMARTS) is 1.